The minimum Gasteiger partial charge on any atom is -0.480 e. The lowest BCUT2D eigenvalue weighted by Crippen LogP contribution is -2.52. The van der Waals surface area contributed by atoms with Gasteiger partial charge in [-0.15, -0.1) is 0 Å². The van der Waals surface area contributed by atoms with E-state index in [1.165, 1.54) is 0 Å². The maximum atomic E-state index is 12.8. The summed E-state index contributed by atoms with van der Waals surface area (Å²) in [6.07, 6.45) is 3.40. The second-order valence-corrected chi connectivity index (χ2v) is 13.4. The third-order valence-electron chi connectivity index (χ3n) is 10.3. The molecule has 2 aromatic carbocycles. The van der Waals surface area contributed by atoms with Gasteiger partial charge in [-0.25, -0.2) is 14.8 Å². The third kappa shape index (κ3) is 5.38. The SMILES string of the molecule is C[C@H]1CN2CC[C@@H]1n1c(nc3ccccc31)O[C@H]1C[C@@H](C(=O)O)N(C1)c1nc(nc3c1oc1ccccc13)CCCCCN(C)C2O. The van der Waals surface area contributed by atoms with E-state index in [-0.39, 0.29) is 18.4 Å². The lowest BCUT2D eigenvalue weighted by Gasteiger charge is -2.42. The molecule has 2 unspecified atom stereocenters. The zero-order valence-corrected chi connectivity index (χ0v) is 26.8. The van der Waals surface area contributed by atoms with Crippen LogP contribution in [0.25, 0.3) is 33.1 Å². The standard InChI is InChI=1S/C35H41N7O5/c1-21-19-40-17-15-25(21)42-26-12-7-6-11-24(26)36-34(42)46-22-18-27(33(43)44)41(20-22)32-31-30(23-10-5-8-13-28(23)47-31)37-29(38-32)14-4-3-9-16-39(2)35(40)45/h5-8,10-13,21-22,25,27,35,45H,3-4,9,14-20H2,1-2H3,(H,43,44)/t21-,22-,25-,27-,35?/m0/s1. The average molecular weight is 640 g/mol. The molecular weight excluding hydrogens is 598 g/mol. The van der Waals surface area contributed by atoms with Crippen LogP contribution in [-0.4, -0.2) is 97.2 Å². The van der Waals surface area contributed by atoms with Gasteiger partial charge in [0.05, 0.1) is 17.6 Å². The van der Waals surface area contributed by atoms with Gasteiger partial charge in [0.25, 0.3) is 6.01 Å². The number of aliphatic hydroxyl groups is 1. The molecular formula is C35H41N7O5. The first-order chi connectivity index (χ1) is 22.9. The minimum atomic E-state index is -0.934. The number of fused-ring (bicyclic) bond motifs is 12. The molecule has 6 atom stereocenters. The maximum Gasteiger partial charge on any atom is 0.326 e. The Morgan fingerprint density at radius 1 is 0.979 bits per heavy atom. The Morgan fingerprint density at radius 3 is 2.66 bits per heavy atom. The van der Waals surface area contributed by atoms with Gasteiger partial charge in [0, 0.05) is 43.9 Å². The number of benzene rings is 2. The molecule has 2 saturated heterocycles. The highest BCUT2D eigenvalue weighted by Crippen LogP contribution is 2.39. The number of aryl methyl sites for hydroxylation is 1. The van der Waals surface area contributed by atoms with Crippen molar-refractivity contribution in [1.29, 1.82) is 0 Å². The van der Waals surface area contributed by atoms with Crippen LogP contribution < -0.4 is 9.64 Å². The Balaban J connectivity index is 1.23. The van der Waals surface area contributed by atoms with E-state index in [4.69, 9.17) is 24.1 Å². The minimum absolute atomic E-state index is 0.101. The fourth-order valence-electron chi connectivity index (χ4n) is 7.83. The summed E-state index contributed by atoms with van der Waals surface area (Å²) in [4.78, 5) is 33.6. The molecule has 2 fully saturated rings. The van der Waals surface area contributed by atoms with Crippen LogP contribution in [0.15, 0.2) is 52.9 Å². The van der Waals surface area contributed by atoms with Crippen molar-refractivity contribution >= 4 is 44.9 Å². The summed E-state index contributed by atoms with van der Waals surface area (Å²) in [5.41, 5.74) is 3.70. The van der Waals surface area contributed by atoms with Crippen molar-refractivity contribution in [2.75, 3.05) is 38.1 Å². The molecule has 3 aromatic heterocycles. The Kier molecular flexibility index (Phi) is 7.73. The third-order valence-corrected chi connectivity index (χ3v) is 10.3. The first kappa shape index (κ1) is 30.1. The van der Waals surface area contributed by atoms with E-state index >= 15 is 0 Å². The number of ether oxygens (including phenoxy) is 1. The summed E-state index contributed by atoms with van der Waals surface area (Å²) in [6.45, 7) is 4.78. The smallest absolute Gasteiger partial charge is 0.326 e. The van der Waals surface area contributed by atoms with Crippen molar-refractivity contribution < 1.29 is 24.2 Å². The number of imidazole rings is 1. The van der Waals surface area contributed by atoms with Crippen LogP contribution in [-0.2, 0) is 11.2 Å². The summed E-state index contributed by atoms with van der Waals surface area (Å²) < 4.78 is 15.2. The molecule has 9 rings (SSSR count). The van der Waals surface area contributed by atoms with Crippen LogP contribution in [0.5, 0.6) is 6.01 Å². The lowest BCUT2D eigenvalue weighted by molar-refractivity contribution is -0.138. The normalized spacial score (nSPS) is 27.7. The molecule has 0 aliphatic carbocycles. The molecule has 0 spiro atoms. The molecule has 47 heavy (non-hydrogen) atoms. The molecule has 246 valence electrons. The number of carbonyl (C=O) groups is 1. The summed E-state index contributed by atoms with van der Waals surface area (Å²) in [5, 5.41) is 22.6. The van der Waals surface area contributed by atoms with Gasteiger partial charge < -0.3 is 24.3 Å². The van der Waals surface area contributed by atoms with Crippen molar-refractivity contribution in [2.24, 2.45) is 5.92 Å². The predicted molar refractivity (Wildman–Crippen MR) is 177 cm³/mol. The van der Waals surface area contributed by atoms with E-state index in [2.05, 4.69) is 22.5 Å². The van der Waals surface area contributed by atoms with Crippen molar-refractivity contribution in [1.82, 2.24) is 29.3 Å². The second-order valence-electron chi connectivity index (χ2n) is 13.4. The molecule has 6 bridgehead atoms. The van der Waals surface area contributed by atoms with E-state index in [1.807, 2.05) is 59.3 Å². The number of carboxylic acids is 1. The molecule has 0 saturated carbocycles. The molecule has 12 heteroatoms. The van der Waals surface area contributed by atoms with E-state index in [0.717, 1.165) is 61.7 Å². The van der Waals surface area contributed by atoms with Crippen molar-refractivity contribution in [2.45, 2.75) is 70.0 Å². The van der Waals surface area contributed by atoms with Gasteiger partial charge in [-0.3, -0.25) is 14.4 Å². The highest BCUT2D eigenvalue weighted by Gasteiger charge is 2.42. The van der Waals surface area contributed by atoms with Crippen LogP contribution in [0.4, 0.5) is 5.82 Å². The molecule has 2 N–H and O–H groups in total. The van der Waals surface area contributed by atoms with E-state index in [9.17, 15) is 15.0 Å². The highest BCUT2D eigenvalue weighted by molar-refractivity contribution is 6.06. The number of anilines is 1. The number of piperidine rings is 1. The van der Waals surface area contributed by atoms with Gasteiger partial charge in [0.2, 0.25) is 0 Å². The number of furan rings is 1. The number of hydrogen-bond acceptors (Lipinski definition) is 10. The Morgan fingerprint density at radius 2 is 1.81 bits per heavy atom. The van der Waals surface area contributed by atoms with Gasteiger partial charge in [-0.05, 0) is 56.5 Å². The van der Waals surface area contributed by atoms with Crippen LogP contribution in [0.3, 0.4) is 0 Å². The fraction of sp³-hybridized carbons (Fsp3) is 0.486. The Hall–Kier alpha value is -4.26. The second kappa shape index (κ2) is 12.1. The maximum absolute atomic E-state index is 12.8. The zero-order chi connectivity index (χ0) is 32.2. The molecule has 0 radical (unpaired) electrons. The number of rotatable bonds is 1. The first-order valence-electron chi connectivity index (χ1n) is 16.8. The number of aliphatic hydroxyl groups excluding tert-OH is 1. The van der Waals surface area contributed by atoms with Gasteiger partial charge in [0.1, 0.15) is 29.1 Å². The van der Waals surface area contributed by atoms with Crippen molar-refractivity contribution in [3.63, 3.8) is 0 Å². The number of nitrogens with zero attached hydrogens (tertiary/aromatic N) is 7. The number of hydrogen-bond donors (Lipinski definition) is 2. The van der Waals surface area contributed by atoms with Gasteiger partial charge >= 0.3 is 5.97 Å². The number of para-hydroxylation sites is 3. The summed E-state index contributed by atoms with van der Waals surface area (Å²) in [6, 6.07) is 15.5. The quantitative estimate of drug-likeness (QED) is 0.266. The Bertz CT molecular complexity index is 1940. The van der Waals surface area contributed by atoms with Gasteiger partial charge in [0.15, 0.2) is 17.8 Å². The van der Waals surface area contributed by atoms with Gasteiger partial charge in [-0.2, -0.15) is 4.98 Å². The molecule has 4 aliphatic rings. The zero-order valence-electron chi connectivity index (χ0n) is 26.8. The predicted octanol–water partition coefficient (Wildman–Crippen LogP) is 4.65. The fourth-order valence-corrected chi connectivity index (χ4v) is 7.83. The van der Waals surface area contributed by atoms with Gasteiger partial charge in [-0.1, -0.05) is 37.6 Å². The van der Waals surface area contributed by atoms with E-state index in [1.54, 1.807) is 0 Å². The summed E-state index contributed by atoms with van der Waals surface area (Å²) >= 11 is 0. The topological polar surface area (TPSA) is 133 Å². The molecule has 5 aromatic rings. The Labute approximate surface area is 272 Å². The van der Waals surface area contributed by atoms with Crippen LogP contribution >= 0.6 is 0 Å². The number of aliphatic carboxylic acids is 1. The number of carboxylic acid groups (broad SMARTS) is 1. The molecule has 0 amide bonds. The number of aromatic nitrogens is 4. The summed E-state index contributed by atoms with van der Waals surface area (Å²) in [5.74, 6) is 0.433. The first-order valence-corrected chi connectivity index (χ1v) is 16.8. The van der Waals surface area contributed by atoms with Crippen LogP contribution in [0.2, 0.25) is 0 Å². The van der Waals surface area contributed by atoms with Crippen molar-refractivity contribution in [3.8, 4) is 6.01 Å². The lowest BCUT2D eigenvalue weighted by atomic mass is 9.93. The molecule has 7 heterocycles. The van der Waals surface area contributed by atoms with Crippen LogP contribution in [0.1, 0.15) is 50.9 Å². The highest BCUT2D eigenvalue weighted by atomic mass is 16.5. The van der Waals surface area contributed by atoms with E-state index in [0.29, 0.717) is 47.3 Å². The summed E-state index contributed by atoms with van der Waals surface area (Å²) in [7, 11) is 1.99. The van der Waals surface area contributed by atoms with Crippen molar-refractivity contribution in [3.05, 3.63) is 54.4 Å². The largest absolute Gasteiger partial charge is 0.480 e. The molecule has 12 nitrogen and oxygen atoms in total. The average Bonchev–Trinajstić information content (AvgIpc) is 3.77. The van der Waals surface area contributed by atoms with E-state index < -0.39 is 24.5 Å². The van der Waals surface area contributed by atoms with Crippen LogP contribution in [0, 0.1) is 5.92 Å². The molecule has 4 aliphatic heterocycles. The monoisotopic (exact) mass is 639 g/mol.